The minimum atomic E-state index is -0.194. The molecule has 0 aromatic carbocycles. The van der Waals surface area contributed by atoms with Crippen molar-refractivity contribution in [3.63, 3.8) is 0 Å². The first-order valence-corrected chi connectivity index (χ1v) is 4.26. The Bertz CT molecular complexity index is 168. The van der Waals surface area contributed by atoms with Gasteiger partial charge in [0.15, 0.2) is 0 Å². The number of allylic oxidation sites excluding steroid dienone is 4. The maximum absolute atomic E-state index is 11.8. The highest BCUT2D eigenvalue weighted by atomic mass is 19.1. The van der Waals surface area contributed by atoms with Crippen molar-refractivity contribution in [2.45, 2.75) is 26.2 Å². The summed E-state index contributed by atoms with van der Waals surface area (Å²) < 4.78 is 11.8. The predicted octanol–water partition coefficient (Wildman–Crippen LogP) is 3.26. The first-order chi connectivity index (χ1) is 5.33. The Morgan fingerprint density at radius 3 is 3.00 bits per heavy atom. The lowest BCUT2D eigenvalue weighted by Gasteiger charge is -2.10. The van der Waals surface area contributed by atoms with Crippen LogP contribution in [0.25, 0.3) is 0 Å². The number of halogens is 1. The molecule has 0 amide bonds. The van der Waals surface area contributed by atoms with Crippen LogP contribution in [-0.4, -0.2) is 6.67 Å². The van der Waals surface area contributed by atoms with Gasteiger partial charge in [0, 0.05) is 0 Å². The van der Waals surface area contributed by atoms with Gasteiger partial charge in [-0.2, -0.15) is 0 Å². The summed E-state index contributed by atoms with van der Waals surface area (Å²) in [5, 5.41) is 0. The lowest BCUT2D eigenvalue weighted by Crippen LogP contribution is -1.94. The average molecular weight is 154 g/mol. The summed E-state index contributed by atoms with van der Waals surface area (Å²) in [6.45, 7) is 2.00. The van der Waals surface area contributed by atoms with Gasteiger partial charge in [-0.15, -0.1) is 0 Å². The molecule has 0 saturated heterocycles. The van der Waals surface area contributed by atoms with E-state index in [9.17, 15) is 4.39 Å². The van der Waals surface area contributed by atoms with Crippen LogP contribution in [0.1, 0.15) is 26.2 Å². The summed E-state index contributed by atoms with van der Waals surface area (Å²) in [5.41, 5.74) is 1.31. The Kier molecular flexibility index (Phi) is 3.34. The SMILES string of the molecule is CC1C=CC(CCCF)=CC1. The van der Waals surface area contributed by atoms with E-state index in [0.717, 1.165) is 12.8 Å². The van der Waals surface area contributed by atoms with Crippen molar-refractivity contribution >= 4 is 0 Å². The first kappa shape index (κ1) is 8.51. The molecule has 0 bridgehead atoms. The predicted molar refractivity (Wildman–Crippen MR) is 46.2 cm³/mol. The van der Waals surface area contributed by atoms with Crippen LogP contribution < -0.4 is 0 Å². The fourth-order valence-electron chi connectivity index (χ4n) is 1.23. The van der Waals surface area contributed by atoms with Crippen LogP contribution in [0.2, 0.25) is 0 Å². The molecule has 1 atom stereocenters. The Balaban J connectivity index is 2.31. The summed E-state index contributed by atoms with van der Waals surface area (Å²) in [6, 6.07) is 0. The minimum absolute atomic E-state index is 0.194. The number of rotatable bonds is 3. The molecule has 0 N–H and O–H groups in total. The van der Waals surface area contributed by atoms with E-state index in [2.05, 4.69) is 25.2 Å². The van der Waals surface area contributed by atoms with Crippen molar-refractivity contribution in [1.29, 1.82) is 0 Å². The van der Waals surface area contributed by atoms with Crippen molar-refractivity contribution < 1.29 is 4.39 Å². The molecule has 1 rings (SSSR count). The molecule has 0 spiro atoms. The van der Waals surface area contributed by atoms with Crippen LogP contribution in [0.15, 0.2) is 23.8 Å². The summed E-state index contributed by atoms with van der Waals surface area (Å²) >= 11 is 0. The van der Waals surface area contributed by atoms with Crippen LogP contribution >= 0.6 is 0 Å². The van der Waals surface area contributed by atoms with Crippen molar-refractivity contribution in [2.24, 2.45) is 5.92 Å². The van der Waals surface area contributed by atoms with E-state index in [1.165, 1.54) is 5.57 Å². The van der Waals surface area contributed by atoms with Gasteiger partial charge < -0.3 is 0 Å². The fraction of sp³-hybridized carbons (Fsp3) is 0.600. The Hall–Kier alpha value is -0.590. The second-order valence-corrected chi connectivity index (χ2v) is 3.14. The third kappa shape index (κ3) is 2.87. The lowest BCUT2D eigenvalue weighted by molar-refractivity contribution is 0.473. The van der Waals surface area contributed by atoms with Gasteiger partial charge in [-0.3, -0.25) is 4.39 Å². The molecular formula is C10H15F. The lowest BCUT2D eigenvalue weighted by atomic mass is 9.96. The van der Waals surface area contributed by atoms with Crippen molar-refractivity contribution in [2.75, 3.05) is 6.67 Å². The number of hydrogen-bond acceptors (Lipinski definition) is 0. The van der Waals surface area contributed by atoms with E-state index >= 15 is 0 Å². The molecule has 0 aliphatic heterocycles. The van der Waals surface area contributed by atoms with Gasteiger partial charge in [-0.25, -0.2) is 0 Å². The smallest absolute Gasteiger partial charge is 0.0897 e. The molecule has 11 heavy (non-hydrogen) atoms. The van der Waals surface area contributed by atoms with Crippen molar-refractivity contribution in [3.8, 4) is 0 Å². The molecule has 0 aromatic heterocycles. The zero-order valence-electron chi connectivity index (χ0n) is 7.02. The van der Waals surface area contributed by atoms with E-state index in [4.69, 9.17) is 0 Å². The second kappa shape index (κ2) is 4.32. The second-order valence-electron chi connectivity index (χ2n) is 3.14. The largest absolute Gasteiger partial charge is 0.251 e. The highest BCUT2D eigenvalue weighted by Crippen LogP contribution is 2.18. The van der Waals surface area contributed by atoms with E-state index in [1.54, 1.807) is 0 Å². The third-order valence-corrected chi connectivity index (χ3v) is 1.99. The zero-order chi connectivity index (χ0) is 8.10. The Morgan fingerprint density at radius 1 is 1.64 bits per heavy atom. The van der Waals surface area contributed by atoms with Gasteiger partial charge in [0.25, 0.3) is 0 Å². The molecule has 1 aliphatic carbocycles. The Labute approximate surface area is 67.8 Å². The molecule has 0 nitrogen and oxygen atoms in total. The number of hydrogen-bond donors (Lipinski definition) is 0. The first-order valence-electron chi connectivity index (χ1n) is 4.26. The van der Waals surface area contributed by atoms with Gasteiger partial charge in [0.1, 0.15) is 0 Å². The highest BCUT2D eigenvalue weighted by Gasteiger charge is 2.02. The van der Waals surface area contributed by atoms with Gasteiger partial charge in [0.05, 0.1) is 6.67 Å². The normalized spacial score (nSPS) is 23.5. The van der Waals surface area contributed by atoms with E-state index in [1.807, 2.05) is 0 Å². The number of alkyl halides is 1. The highest BCUT2D eigenvalue weighted by molar-refractivity contribution is 5.23. The Morgan fingerprint density at radius 2 is 2.45 bits per heavy atom. The monoisotopic (exact) mass is 154 g/mol. The standard InChI is InChI=1S/C10H15F/c1-9-4-6-10(7-5-9)3-2-8-11/h4,6-7,9H,2-3,5,8H2,1H3. The molecule has 1 unspecified atom stereocenters. The van der Waals surface area contributed by atoms with E-state index in [0.29, 0.717) is 12.3 Å². The van der Waals surface area contributed by atoms with Gasteiger partial charge in [-0.1, -0.05) is 30.7 Å². The summed E-state index contributed by atoms with van der Waals surface area (Å²) in [6.07, 6.45) is 9.25. The molecule has 0 aromatic rings. The average Bonchev–Trinajstić information content (AvgIpc) is 2.04. The molecule has 0 heterocycles. The zero-order valence-corrected chi connectivity index (χ0v) is 7.02. The third-order valence-electron chi connectivity index (χ3n) is 1.99. The topological polar surface area (TPSA) is 0 Å². The van der Waals surface area contributed by atoms with Crippen LogP contribution in [0.3, 0.4) is 0 Å². The van der Waals surface area contributed by atoms with Crippen molar-refractivity contribution in [3.05, 3.63) is 23.8 Å². The van der Waals surface area contributed by atoms with Gasteiger partial charge >= 0.3 is 0 Å². The molecule has 0 saturated carbocycles. The molecule has 1 heteroatoms. The minimum Gasteiger partial charge on any atom is -0.251 e. The van der Waals surface area contributed by atoms with E-state index in [-0.39, 0.29) is 6.67 Å². The molecule has 0 radical (unpaired) electrons. The summed E-state index contributed by atoms with van der Waals surface area (Å²) in [5.74, 6) is 0.670. The van der Waals surface area contributed by atoms with Crippen LogP contribution in [0.5, 0.6) is 0 Å². The van der Waals surface area contributed by atoms with E-state index < -0.39 is 0 Å². The van der Waals surface area contributed by atoms with Crippen molar-refractivity contribution in [1.82, 2.24) is 0 Å². The van der Waals surface area contributed by atoms with Crippen LogP contribution in [-0.2, 0) is 0 Å². The maximum atomic E-state index is 11.8. The maximum Gasteiger partial charge on any atom is 0.0897 e. The molecular weight excluding hydrogens is 139 g/mol. The van der Waals surface area contributed by atoms with Gasteiger partial charge in [-0.05, 0) is 25.2 Å². The summed E-state index contributed by atoms with van der Waals surface area (Å²) in [7, 11) is 0. The summed E-state index contributed by atoms with van der Waals surface area (Å²) in [4.78, 5) is 0. The van der Waals surface area contributed by atoms with Crippen LogP contribution in [0, 0.1) is 5.92 Å². The van der Waals surface area contributed by atoms with Gasteiger partial charge in [0.2, 0.25) is 0 Å². The quantitative estimate of drug-likeness (QED) is 0.585. The molecule has 62 valence electrons. The van der Waals surface area contributed by atoms with Crippen LogP contribution in [0.4, 0.5) is 4.39 Å². The molecule has 1 aliphatic rings. The fourth-order valence-corrected chi connectivity index (χ4v) is 1.23. The molecule has 0 fully saturated rings.